The number of hydrogen-bond acceptors (Lipinski definition) is 2. The van der Waals surface area contributed by atoms with E-state index in [1.807, 2.05) is 13.8 Å². The highest BCUT2D eigenvalue weighted by Crippen LogP contribution is 2.66. The summed E-state index contributed by atoms with van der Waals surface area (Å²) in [5, 5.41) is 10.4. The van der Waals surface area contributed by atoms with Crippen LogP contribution in [0.1, 0.15) is 85.0 Å². The van der Waals surface area contributed by atoms with E-state index in [1.54, 1.807) is 0 Å². The molecule has 4 aliphatic rings. The Balaban J connectivity index is 1.59. The molecule has 8 atom stereocenters. The van der Waals surface area contributed by atoms with E-state index in [0.717, 1.165) is 38.5 Å². The molecule has 0 saturated heterocycles. The number of hydrogen-bond donors (Lipinski definition) is 1. The van der Waals surface area contributed by atoms with Crippen LogP contribution >= 0.6 is 0 Å². The molecule has 4 aliphatic carbocycles. The minimum absolute atomic E-state index is 0.0383. The van der Waals surface area contributed by atoms with E-state index in [0.29, 0.717) is 43.3 Å². The van der Waals surface area contributed by atoms with Gasteiger partial charge in [-0.25, -0.2) is 4.39 Å². The number of aliphatic hydroxyl groups is 1. The number of carbonyl (C=O) groups is 1. The van der Waals surface area contributed by atoms with Crippen LogP contribution in [0.4, 0.5) is 4.39 Å². The molecule has 0 heterocycles. The number of rotatable bonds is 2. The zero-order valence-electron chi connectivity index (χ0n) is 16.2. The molecule has 0 aromatic rings. The fourth-order valence-corrected chi connectivity index (χ4v) is 7.75. The molecule has 0 radical (unpaired) electrons. The number of ketones is 1. The molecule has 142 valence electrons. The Kier molecular flexibility index (Phi) is 4.15. The molecule has 1 N–H and O–H groups in total. The van der Waals surface area contributed by atoms with Gasteiger partial charge in [0.1, 0.15) is 11.5 Å². The quantitative estimate of drug-likeness (QED) is 0.754. The molecule has 0 aliphatic heterocycles. The van der Waals surface area contributed by atoms with Crippen LogP contribution in [0.25, 0.3) is 0 Å². The summed E-state index contributed by atoms with van der Waals surface area (Å²) < 4.78 is 16.2. The van der Waals surface area contributed by atoms with Gasteiger partial charge in [-0.05, 0) is 93.8 Å². The van der Waals surface area contributed by atoms with E-state index in [-0.39, 0.29) is 23.2 Å². The van der Waals surface area contributed by atoms with Gasteiger partial charge in [-0.3, -0.25) is 4.79 Å². The van der Waals surface area contributed by atoms with Crippen molar-refractivity contribution < 1.29 is 14.3 Å². The Hall–Kier alpha value is -0.440. The smallest absolute Gasteiger partial charge is 0.136 e. The van der Waals surface area contributed by atoms with Gasteiger partial charge in [0.25, 0.3) is 0 Å². The summed E-state index contributed by atoms with van der Waals surface area (Å²) >= 11 is 0. The number of alkyl halides is 1. The summed E-state index contributed by atoms with van der Waals surface area (Å²) in [7, 11) is 0. The lowest BCUT2D eigenvalue weighted by Crippen LogP contribution is -2.58. The molecule has 0 aromatic carbocycles. The van der Waals surface area contributed by atoms with Gasteiger partial charge in [-0.1, -0.05) is 13.8 Å². The average Bonchev–Trinajstić information content (AvgIpc) is 2.92. The number of halogens is 1. The highest BCUT2D eigenvalue weighted by molar-refractivity contribution is 5.82. The van der Waals surface area contributed by atoms with Crippen molar-refractivity contribution >= 4 is 5.78 Å². The van der Waals surface area contributed by atoms with Crippen LogP contribution in [0, 0.1) is 35.0 Å². The first-order valence-corrected chi connectivity index (χ1v) is 10.7. The maximum absolute atomic E-state index is 16.2. The van der Waals surface area contributed by atoms with E-state index < -0.39 is 11.3 Å². The molecule has 2 nitrogen and oxygen atoms in total. The maximum Gasteiger partial charge on any atom is 0.136 e. The molecule has 4 fully saturated rings. The van der Waals surface area contributed by atoms with Crippen molar-refractivity contribution in [1.29, 1.82) is 0 Å². The average molecular weight is 351 g/mol. The monoisotopic (exact) mass is 350 g/mol. The first-order chi connectivity index (χ1) is 11.7. The topological polar surface area (TPSA) is 37.3 Å². The summed E-state index contributed by atoms with van der Waals surface area (Å²) in [6, 6.07) is 0. The van der Waals surface area contributed by atoms with Gasteiger partial charge in [0.05, 0.1) is 5.60 Å². The molecule has 0 amide bonds. The summed E-state index contributed by atoms with van der Waals surface area (Å²) in [4.78, 5) is 12.5. The lowest BCUT2D eigenvalue weighted by Gasteiger charge is -2.59. The minimum atomic E-state index is -1.07. The fraction of sp³-hybridized carbons (Fsp3) is 0.955. The third-order valence-electron chi connectivity index (χ3n) is 9.05. The Bertz CT molecular complexity index is 558. The van der Waals surface area contributed by atoms with Crippen molar-refractivity contribution in [2.24, 2.45) is 35.0 Å². The van der Waals surface area contributed by atoms with E-state index in [4.69, 9.17) is 0 Å². The normalized spacial score (nSPS) is 55.2. The SMILES string of the molecule is CCC(=O)C1CC[C@H]2[C@@H]3CC[C@@H]4C[C@](C)(O)CC[C@]4(F)[C@H]3CC[C@]12C. The molecule has 4 saturated carbocycles. The predicted molar refractivity (Wildman–Crippen MR) is 96.9 cm³/mol. The molecular formula is C22H35FO2. The van der Waals surface area contributed by atoms with Gasteiger partial charge in [0.2, 0.25) is 0 Å². The summed E-state index contributed by atoms with van der Waals surface area (Å²) in [5.41, 5.74) is -1.64. The van der Waals surface area contributed by atoms with Gasteiger partial charge in [-0.2, -0.15) is 0 Å². The Morgan fingerprint density at radius 1 is 1.04 bits per heavy atom. The largest absolute Gasteiger partial charge is 0.390 e. The van der Waals surface area contributed by atoms with Crippen molar-refractivity contribution in [3.63, 3.8) is 0 Å². The second kappa shape index (κ2) is 5.78. The summed E-state index contributed by atoms with van der Waals surface area (Å²) in [6.07, 6.45) is 8.54. The number of fused-ring (bicyclic) bond motifs is 5. The maximum atomic E-state index is 16.2. The number of Topliss-reactive ketones (excluding diaryl/α,β-unsaturated/α-hetero) is 1. The van der Waals surface area contributed by atoms with E-state index in [1.165, 1.54) is 0 Å². The molecule has 3 heteroatoms. The van der Waals surface area contributed by atoms with Gasteiger partial charge >= 0.3 is 0 Å². The van der Waals surface area contributed by atoms with Gasteiger partial charge in [0.15, 0.2) is 0 Å². The molecule has 4 rings (SSSR count). The minimum Gasteiger partial charge on any atom is -0.390 e. The highest BCUT2D eigenvalue weighted by Gasteiger charge is 2.63. The van der Waals surface area contributed by atoms with E-state index in [9.17, 15) is 9.90 Å². The van der Waals surface area contributed by atoms with E-state index in [2.05, 4.69) is 6.92 Å². The van der Waals surface area contributed by atoms with Crippen LogP contribution in [0.15, 0.2) is 0 Å². The Morgan fingerprint density at radius 2 is 1.80 bits per heavy atom. The third kappa shape index (κ3) is 2.55. The zero-order valence-corrected chi connectivity index (χ0v) is 16.2. The van der Waals surface area contributed by atoms with E-state index >= 15 is 4.39 Å². The van der Waals surface area contributed by atoms with Crippen LogP contribution in [0.5, 0.6) is 0 Å². The number of carbonyl (C=O) groups excluding carboxylic acids is 1. The molecule has 0 aromatic heterocycles. The zero-order chi connectivity index (χ0) is 18.0. The van der Waals surface area contributed by atoms with Crippen molar-refractivity contribution in [3.8, 4) is 0 Å². The van der Waals surface area contributed by atoms with Crippen molar-refractivity contribution in [1.82, 2.24) is 0 Å². The lowest BCUT2D eigenvalue weighted by atomic mass is 9.47. The second-order valence-corrected chi connectivity index (χ2v) is 10.3. The Morgan fingerprint density at radius 3 is 2.52 bits per heavy atom. The molecular weight excluding hydrogens is 315 g/mol. The first-order valence-electron chi connectivity index (χ1n) is 10.7. The summed E-state index contributed by atoms with van der Waals surface area (Å²) in [5.74, 6) is 1.83. The van der Waals surface area contributed by atoms with Gasteiger partial charge in [0, 0.05) is 12.3 Å². The van der Waals surface area contributed by atoms with Crippen LogP contribution in [0.3, 0.4) is 0 Å². The first kappa shape index (κ1) is 17.9. The Labute approximate surface area is 152 Å². The van der Waals surface area contributed by atoms with Crippen LogP contribution in [-0.2, 0) is 4.79 Å². The van der Waals surface area contributed by atoms with Gasteiger partial charge < -0.3 is 5.11 Å². The van der Waals surface area contributed by atoms with Crippen LogP contribution in [-0.4, -0.2) is 22.2 Å². The fourth-order valence-electron chi connectivity index (χ4n) is 7.75. The molecule has 1 unspecified atom stereocenters. The van der Waals surface area contributed by atoms with Crippen molar-refractivity contribution in [2.45, 2.75) is 96.2 Å². The van der Waals surface area contributed by atoms with Crippen molar-refractivity contribution in [2.75, 3.05) is 0 Å². The van der Waals surface area contributed by atoms with Crippen molar-refractivity contribution in [3.05, 3.63) is 0 Å². The highest BCUT2D eigenvalue weighted by atomic mass is 19.1. The summed E-state index contributed by atoms with van der Waals surface area (Å²) in [6.45, 7) is 6.20. The van der Waals surface area contributed by atoms with Crippen LogP contribution < -0.4 is 0 Å². The second-order valence-electron chi connectivity index (χ2n) is 10.3. The standard InChI is InChI=1S/C22H35FO2/c1-4-19(24)18-8-7-16-15-6-5-14-13-20(2,25)11-12-22(14,23)17(15)9-10-21(16,18)3/h14-18,25H,4-13H2,1-3H3/t14-,15+,16+,17+,18?,20-,21+,22-/m1/s1. The molecule has 0 bridgehead atoms. The molecule has 25 heavy (non-hydrogen) atoms. The predicted octanol–water partition coefficient (Wildman–Crippen LogP) is 5.08. The third-order valence-corrected chi connectivity index (χ3v) is 9.05. The van der Waals surface area contributed by atoms with Gasteiger partial charge in [-0.15, -0.1) is 0 Å². The lowest BCUT2D eigenvalue weighted by molar-refractivity contribution is -0.165. The molecule has 0 spiro atoms. The van der Waals surface area contributed by atoms with Crippen LogP contribution in [0.2, 0.25) is 0 Å².